The molecule has 9 heteroatoms. The van der Waals surface area contributed by atoms with Crippen LogP contribution >= 0.6 is 0 Å². The van der Waals surface area contributed by atoms with Crippen LogP contribution in [0.2, 0.25) is 0 Å². The molecule has 140 valence electrons. The zero-order chi connectivity index (χ0) is 19.2. The van der Waals surface area contributed by atoms with Gasteiger partial charge in [-0.3, -0.25) is 14.5 Å². The lowest BCUT2D eigenvalue weighted by Gasteiger charge is -2.34. The molecule has 0 saturated carbocycles. The van der Waals surface area contributed by atoms with Gasteiger partial charge in [-0.15, -0.1) is 0 Å². The van der Waals surface area contributed by atoms with Crippen LogP contribution in [-0.4, -0.2) is 60.5 Å². The summed E-state index contributed by atoms with van der Waals surface area (Å²) in [4.78, 5) is 26.6. The van der Waals surface area contributed by atoms with E-state index >= 15 is 0 Å². The van der Waals surface area contributed by atoms with Gasteiger partial charge in [0.25, 0.3) is 0 Å². The van der Waals surface area contributed by atoms with Crippen molar-refractivity contribution in [3.63, 3.8) is 0 Å². The molecule has 0 unspecified atom stereocenters. The largest absolute Gasteiger partial charge is 0.397 e. The van der Waals surface area contributed by atoms with E-state index in [1.54, 1.807) is 24.3 Å². The fourth-order valence-corrected chi connectivity index (χ4v) is 2.62. The Morgan fingerprint density at radius 2 is 1.73 bits per heavy atom. The first-order valence-electron chi connectivity index (χ1n) is 8.14. The van der Waals surface area contributed by atoms with Crippen molar-refractivity contribution in [3.05, 3.63) is 29.8 Å². The molecule has 1 aliphatic heterocycles. The highest BCUT2D eigenvalue weighted by molar-refractivity contribution is 5.90. The van der Waals surface area contributed by atoms with Gasteiger partial charge in [0.1, 0.15) is 6.42 Å². The Labute approximate surface area is 149 Å². The molecule has 2 rings (SSSR count). The van der Waals surface area contributed by atoms with Gasteiger partial charge < -0.3 is 10.2 Å². The highest BCUT2D eigenvalue weighted by atomic mass is 19.4. The number of carbonyl (C=O) groups excluding carboxylic acids is 2. The van der Waals surface area contributed by atoms with E-state index in [1.807, 2.05) is 11.0 Å². The topological polar surface area (TPSA) is 76.4 Å². The Hall–Kier alpha value is -2.60. The quantitative estimate of drug-likeness (QED) is 0.862. The fourth-order valence-electron chi connectivity index (χ4n) is 2.62. The van der Waals surface area contributed by atoms with Crippen LogP contribution in [0, 0.1) is 11.3 Å². The summed E-state index contributed by atoms with van der Waals surface area (Å²) >= 11 is 0. The van der Waals surface area contributed by atoms with Gasteiger partial charge in [-0.1, -0.05) is 0 Å². The van der Waals surface area contributed by atoms with Crippen LogP contribution in [0.25, 0.3) is 0 Å². The molecule has 0 atom stereocenters. The van der Waals surface area contributed by atoms with E-state index in [0.717, 1.165) is 0 Å². The highest BCUT2D eigenvalue weighted by Crippen LogP contribution is 2.21. The first-order chi connectivity index (χ1) is 12.3. The van der Waals surface area contributed by atoms with Crippen LogP contribution in [0.5, 0.6) is 0 Å². The Balaban J connectivity index is 1.70. The number of halogens is 3. The third-order valence-corrected chi connectivity index (χ3v) is 4.03. The Morgan fingerprint density at radius 3 is 2.27 bits per heavy atom. The second kappa shape index (κ2) is 8.67. The van der Waals surface area contributed by atoms with Crippen LogP contribution in [0.3, 0.4) is 0 Å². The molecular formula is C17H19F3N4O2. The molecule has 1 aromatic carbocycles. The standard InChI is InChI=1S/C17H19F3N4O2/c18-17(19,20)11-16(26)24-9-7-23(8-10-24)6-5-15(25)22-14-3-1-13(12-21)2-4-14/h1-4H,5-11H2,(H,22,25). The summed E-state index contributed by atoms with van der Waals surface area (Å²) in [5.41, 5.74) is 1.09. The molecule has 0 radical (unpaired) electrons. The van der Waals surface area contributed by atoms with Crippen molar-refractivity contribution in [2.45, 2.75) is 19.0 Å². The van der Waals surface area contributed by atoms with Gasteiger partial charge in [0.2, 0.25) is 11.8 Å². The summed E-state index contributed by atoms with van der Waals surface area (Å²) in [7, 11) is 0. The molecule has 1 N–H and O–H groups in total. The normalized spacial score (nSPS) is 15.4. The summed E-state index contributed by atoms with van der Waals surface area (Å²) in [5.74, 6) is -1.10. The highest BCUT2D eigenvalue weighted by Gasteiger charge is 2.34. The molecular weight excluding hydrogens is 349 g/mol. The molecule has 0 aliphatic carbocycles. The SMILES string of the molecule is N#Cc1ccc(NC(=O)CCN2CCN(C(=O)CC(F)(F)F)CC2)cc1. The zero-order valence-corrected chi connectivity index (χ0v) is 14.1. The smallest absolute Gasteiger partial charge is 0.340 e. The Bertz CT molecular complexity index is 675. The third kappa shape index (κ3) is 6.37. The van der Waals surface area contributed by atoms with Gasteiger partial charge in [0.05, 0.1) is 11.6 Å². The number of nitrogens with one attached hydrogen (secondary N) is 1. The van der Waals surface area contributed by atoms with E-state index < -0.39 is 18.5 Å². The lowest BCUT2D eigenvalue weighted by atomic mass is 10.2. The molecule has 0 aromatic heterocycles. The number of nitrogens with zero attached hydrogens (tertiary/aromatic N) is 3. The van der Waals surface area contributed by atoms with Crippen molar-refractivity contribution in [2.24, 2.45) is 0 Å². The maximum absolute atomic E-state index is 12.3. The van der Waals surface area contributed by atoms with Crippen LogP contribution in [0.4, 0.5) is 18.9 Å². The molecule has 1 aromatic rings. The first kappa shape index (κ1) is 19.7. The van der Waals surface area contributed by atoms with E-state index in [9.17, 15) is 22.8 Å². The number of hydrogen-bond acceptors (Lipinski definition) is 4. The van der Waals surface area contributed by atoms with E-state index in [-0.39, 0.29) is 25.4 Å². The summed E-state index contributed by atoms with van der Waals surface area (Å²) in [6, 6.07) is 8.48. The maximum atomic E-state index is 12.3. The van der Waals surface area contributed by atoms with Crippen LogP contribution in [0.15, 0.2) is 24.3 Å². The molecule has 0 bridgehead atoms. The van der Waals surface area contributed by atoms with Crippen LogP contribution < -0.4 is 5.32 Å². The van der Waals surface area contributed by atoms with E-state index in [2.05, 4.69) is 5.32 Å². The number of piperazine rings is 1. The molecule has 6 nitrogen and oxygen atoms in total. The van der Waals surface area contributed by atoms with Gasteiger partial charge in [0.15, 0.2) is 0 Å². The average Bonchev–Trinajstić information content (AvgIpc) is 2.59. The number of alkyl halides is 3. The van der Waals surface area contributed by atoms with E-state index in [0.29, 0.717) is 30.9 Å². The van der Waals surface area contributed by atoms with Crippen LogP contribution in [0.1, 0.15) is 18.4 Å². The maximum Gasteiger partial charge on any atom is 0.397 e. The van der Waals surface area contributed by atoms with Gasteiger partial charge >= 0.3 is 6.18 Å². The summed E-state index contributed by atoms with van der Waals surface area (Å²) < 4.78 is 36.8. The van der Waals surface area contributed by atoms with Gasteiger partial charge in [0, 0.05) is 44.8 Å². The lowest BCUT2D eigenvalue weighted by molar-refractivity contribution is -0.162. The summed E-state index contributed by atoms with van der Waals surface area (Å²) in [6.07, 6.45) is -5.69. The number of rotatable bonds is 5. The second-order valence-electron chi connectivity index (χ2n) is 6.00. The molecule has 1 heterocycles. The predicted molar refractivity (Wildman–Crippen MR) is 88.1 cm³/mol. The summed E-state index contributed by atoms with van der Waals surface area (Å²) in [6.45, 7) is 1.79. The number of anilines is 1. The number of hydrogen-bond donors (Lipinski definition) is 1. The van der Waals surface area contributed by atoms with Crippen molar-refractivity contribution < 1.29 is 22.8 Å². The number of carbonyl (C=O) groups is 2. The van der Waals surface area contributed by atoms with Crippen LogP contribution in [-0.2, 0) is 9.59 Å². The van der Waals surface area contributed by atoms with Crippen molar-refractivity contribution in [1.29, 1.82) is 5.26 Å². The number of amides is 2. The van der Waals surface area contributed by atoms with Crippen molar-refractivity contribution in [1.82, 2.24) is 9.80 Å². The monoisotopic (exact) mass is 368 g/mol. The zero-order valence-electron chi connectivity index (χ0n) is 14.1. The minimum Gasteiger partial charge on any atom is -0.340 e. The Kier molecular flexibility index (Phi) is 6.58. The minimum absolute atomic E-state index is 0.190. The van der Waals surface area contributed by atoms with Crippen molar-refractivity contribution in [2.75, 3.05) is 38.0 Å². The molecule has 1 aliphatic rings. The van der Waals surface area contributed by atoms with Crippen molar-refractivity contribution in [3.8, 4) is 6.07 Å². The molecule has 26 heavy (non-hydrogen) atoms. The molecule has 1 fully saturated rings. The average molecular weight is 368 g/mol. The van der Waals surface area contributed by atoms with E-state index in [4.69, 9.17) is 5.26 Å². The van der Waals surface area contributed by atoms with E-state index in [1.165, 1.54) is 4.90 Å². The predicted octanol–water partition coefficient (Wildman–Crippen LogP) is 1.98. The van der Waals surface area contributed by atoms with Crippen molar-refractivity contribution >= 4 is 17.5 Å². The van der Waals surface area contributed by atoms with Gasteiger partial charge in [-0.25, -0.2) is 0 Å². The van der Waals surface area contributed by atoms with Gasteiger partial charge in [-0.05, 0) is 24.3 Å². The molecule has 2 amide bonds. The number of benzene rings is 1. The number of nitriles is 1. The minimum atomic E-state index is -4.49. The lowest BCUT2D eigenvalue weighted by Crippen LogP contribution is -2.49. The molecule has 1 saturated heterocycles. The summed E-state index contributed by atoms with van der Waals surface area (Å²) in [5, 5.41) is 11.4. The van der Waals surface area contributed by atoms with Gasteiger partial charge in [-0.2, -0.15) is 18.4 Å². The Morgan fingerprint density at radius 1 is 1.12 bits per heavy atom. The third-order valence-electron chi connectivity index (χ3n) is 4.03. The first-order valence-corrected chi connectivity index (χ1v) is 8.14. The fraction of sp³-hybridized carbons (Fsp3) is 0.471. The molecule has 0 spiro atoms. The second-order valence-corrected chi connectivity index (χ2v) is 6.00.